The Hall–Kier alpha value is -3.09. The van der Waals surface area contributed by atoms with Gasteiger partial charge in [0.15, 0.2) is 0 Å². The lowest BCUT2D eigenvalue weighted by molar-refractivity contribution is -0.309. The van der Waals surface area contributed by atoms with Crippen molar-refractivity contribution in [2.45, 2.75) is 53.5 Å². The number of carboxylic acids is 1. The zero-order chi connectivity index (χ0) is 21.5. The standard InChI is InChI=1S/C22H25NO6/c1-6-10(2)20(21(25)26)23-19(24)8-16-12(4)15-7-14-11(3)13(5)28-17(14)9-18(15)29-22(16)27/h7,9-10,20H,6,8H2,1-5H3,(H,23,24)(H,25,26)/p-1/t10-,20+/m1/s1. The second-order valence-electron chi connectivity index (χ2n) is 7.55. The fraction of sp³-hybridized carbons (Fsp3) is 0.409. The van der Waals surface area contributed by atoms with E-state index in [4.69, 9.17) is 8.83 Å². The smallest absolute Gasteiger partial charge is 0.340 e. The Morgan fingerprint density at radius 2 is 1.69 bits per heavy atom. The van der Waals surface area contributed by atoms with Crippen LogP contribution in [0.25, 0.3) is 21.9 Å². The molecule has 7 nitrogen and oxygen atoms in total. The van der Waals surface area contributed by atoms with E-state index in [1.807, 2.05) is 26.8 Å². The Morgan fingerprint density at radius 3 is 2.31 bits per heavy atom. The van der Waals surface area contributed by atoms with Crippen LogP contribution in [0.2, 0.25) is 0 Å². The van der Waals surface area contributed by atoms with Gasteiger partial charge in [0, 0.05) is 16.8 Å². The number of hydrogen-bond donors (Lipinski definition) is 1. The lowest BCUT2D eigenvalue weighted by Gasteiger charge is -2.25. The summed E-state index contributed by atoms with van der Waals surface area (Å²) in [7, 11) is 0. The summed E-state index contributed by atoms with van der Waals surface area (Å²) in [5.74, 6) is -1.42. The molecule has 0 spiro atoms. The average molecular weight is 398 g/mol. The van der Waals surface area contributed by atoms with Crippen molar-refractivity contribution < 1.29 is 23.5 Å². The largest absolute Gasteiger partial charge is 0.548 e. The van der Waals surface area contributed by atoms with Crippen molar-refractivity contribution in [1.29, 1.82) is 0 Å². The van der Waals surface area contributed by atoms with E-state index in [0.29, 0.717) is 28.5 Å². The van der Waals surface area contributed by atoms with Crippen LogP contribution in [0.5, 0.6) is 0 Å². The fourth-order valence-corrected chi connectivity index (χ4v) is 3.48. The van der Waals surface area contributed by atoms with Gasteiger partial charge in [-0.2, -0.15) is 0 Å². The number of aliphatic carboxylic acids is 1. The van der Waals surface area contributed by atoms with Crippen molar-refractivity contribution in [2.75, 3.05) is 0 Å². The summed E-state index contributed by atoms with van der Waals surface area (Å²) in [5.41, 5.74) is 2.21. The maximum atomic E-state index is 12.5. The molecule has 0 aliphatic heterocycles. The molecule has 2 aromatic heterocycles. The van der Waals surface area contributed by atoms with Crippen molar-refractivity contribution in [3.05, 3.63) is 45.0 Å². The van der Waals surface area contributed by atoms with E-state index in [0.717, 1.165) is 16.7 Å². The maximum absolute atomic E-state index is 12.5. The molecule has 0 unspecified atom stereocenters. The van der Waals surface area contributed by atoms with E-state index in [1.165, 1.54) is 0 Å². The summed E-state index contributed by atoms with van der Waals surface area (Å²) >= 11 is 0. The lowest BCUT2D eigenvalue weighted by atomic mass is 9.98. The van der Waals surface area contributed by atoms with Gasteiger partial charge in [0.05, 0.1) is 24.0 Å². The molecule has 7 heteroatoms. The molecule has 1 aromatic carbocycles. The first kappa shape index (κ1) is 20.6. The van der Waals surface area contributed by atoms with Crippen molar-refractivity contribution in [3.8, 4) is 0 Å². The maximum Gasteiger partial charge on any atom is 0.340 e. The normalized spacial score (nSPS) is 13.6. The summed E-state index contributed by atoms with van der Waals surface area (Å²) in [6, 6.07) is 2.45. The van der Waals surface area contributed by atoms with Gasteiger partial charge >= 0.3 is 5.63 Å². The van der Waals surface area contributed by atoms with Gasteiger partial charge in [0.2, 0.25) is 5.91 Å². The minimum atomic E-state index is -1.34. The third-order valence-corrected chi connectivity index (χ3v) is 5.70. The molecule has 29 heavy (non-hydrogen) atoms. The third-order valence-electron chi connectivity index (χ3n) is 5.70. The number of carbonyl (C=O) groups excluding carboxylic acids is 2. The van der Waals surface area contributed by atoms with E-state index in [9.17, 15) is 19.5 Å². The van der Waals surface area contributed by atoms with E-state index in [-0.39, 0.29) is 17.9 Å². The first-order valence-electron chi connectivity index (χ1n) is 9.60. The fourth-order valence-electron chi connectivity index (χ4n) is 3.48. The van der Waals surface area contributed by atoms with Crippen LogP contribution in [0, 0.1) is 26.7 Å². The molecule has 1 N–H and O–H groups in total. The molecule has 2 atom stereocenters. The zero-order valence-electron chi connectivity index (χ0n) is 17.2. The zero-order valence-corrected chi connectivity index (χ0v) is 17.2. The number of amides is 1. The molecule has 0 radical (unpaired) electrons. The summed E-state index contributed by atoms with van der Waals surface area (Å²) in [4.78, 5) is 36.3. The minimum absolute atomic E-state index is 0.202. The summed E-state index contributed by atoms with van der Waals surface area (Å²) in [6.45, 7) is 9.11. The van der Waals surface area contributed by atoms with Crippen LogP contribution in [0.15, 0.2) is 25.8 Å². The second-order valence-corrected chi connectivity index (χ2v) is 7.55. The highest BCUT2D eigenvalue weighted by Crippen LogP contribution is 2.31. The van der Waals surface area contributed by atoms with Crippen LogP contribution in [-0.4, -0.2) is 17.9 Å². The van der Waals surface area contributed by atoms with Gasteiger partial charge in [-0.1, -0.05) is 20.3 Å². The van der Waals surface area contributed by atoms with E-state index < -0.39 is 23.5 Å². The van der Waals surface area contributed by atoms with Gasteiger partial charge in [0.1, 0.15) is 16.9 Å². The molecule has 0 bridgehead atoms. The first-order valence-corrected chi connectivity index (χ1v) is 9.60. The number of hydrogen-bond acceptors (Lipinski definition) is 6. The predicted molar refractivity (Wildman–Crippen MR) is 107 cm³/mol. The second kappa shape index (κ2) is 7.73. The number of nitrogens with one attached hydrogen (secondary N) is 1. The number of aryl methyl sites for hydroxylation is 3. The van der Waals surface area contributed by atoms with Crippen molar-refractivity contribution >= 4 is 33.8 Å². The molecule has 0 aliphatic rings. The van der Waals surface area contributed by atoms with Gasteiger partial charge < -0.3 is 24.1 Å². The van der Waals surface area contributed by atoms with E-state index in [2.05, 4.69) is 5.32 Å². The monoisotopic (exact) mass is 398 g/mol. The number of benzene rings is 1. The Morgan fingerprint density at radius 1 is 1.07 bits per heavy atom. The molecule has 0 saturated carbocycles. The van der Waals surface area contributed by atoms with Gasteiger partial charge in [-0.3, -0.25) is 4.79 Å². The predicted octanol–water partition coefficient (Wildman–Crippen LogP) is 2.29. The molecule has 154 valence electrons. The number of rotatable bonds is 6. The molecule has 0 aliphatic carbocycles. The van der Waals surface area contributed by atoms with Gasteiger partial charge in [-0.25, -0.2) is 4.79 Å². The molecule has 3 aromatic rings. The topological polar surface area (TPSA) is 113 Å². The summed E-state index contributed by atoms with van der Waals surface area (Å²) in [6.07, 6.45) is 0.293. The van der Waals surface area contributed by atoms with Crippen LogP contribution in [-0.2, 0) is 16.0 Å². The van der Waals surface area contributed by atoms with Crippen molar-refractivity contribution in [1.82, 2.24) is 5.32 Å². The number of furan rings is 1. The highest BCUT2D eigenvalue weighted by atomic mass is 16.4. The number of carboxylic acid groups (broad SMARTS) is 1. The number of fused-ring (bicyclic) bond motifs is 2. The van der Waals surface area contributed by atoms with Crippen LogP contribution >= 0.6 is 0 Å². The van der Waals surface area contributed by atoms with Crippen LogP contribution in [0.3, 0.4) is 0 Å². The first-order chi connectivity index (χ1) is 13.6. The summed E-state index contributed by atoms with van der Waals surface area (Å²) < 4.78 is 11.1. The van der Waals surface area contributed by atoms with Crippen molar-refractivity contribution in [2.24, 2.45) is 5.92 Å². The lowest BCUT2D eigenvalue weighted by Crippen LogP contribution is -2.51. The Labute approximate surface area is 167 Å². The molecule has 2 heterocycles. The SMILES string of the molecule is CC[C@@H](C)[C@H](NC(=O)Cc1c(C)c2cc3c(C)c(C)oc3cc2oc1=O)C(=O)[O-]. The molecular formula is C22H24NO6-. The Balaban J connectivity index is 2.00. The molecule has 1 amide bonds. The minimum Gasteiger partial charge on any atom is -0.548 e. The molecular weight excluding hydrogens is 374 g/mol. The third kappa shape index (κ3) is 3.77. The van der Waals surface area contributed by atoms with E-state index in [1.54, 1.807) is 19.9 Å². The Kier molecular flexibility index (Phi) is 5.50. The van der Waals surface area contributed by atoms with Crippen LogP contribution in [0.4, 0.5) is 0 Å². The molecule has 0 fully saturated rings. The van der Waals surface area contributed by atoms with Gasteiger partial charge in [-0.05, 0) is 43.9 Å². The highest BCUT2D eigenvalue weighted by molar-refractivity contribution is 5.97. The molecule has 3 rings (SSSR count). The van der Waals surface area contributed by atoms with Crippen molar-refractivity contribution in [3.63, 3.8) is 0 Å². The van der Waals surface area contributed by atoms with Crippen LogP contribution in [0.1, 0.15) is 42.7 Å². The Bertz CT molecular complexity index is 1170. The molecule has 0 saturated heterocycles. The van der Waals surface area contributed by atoms with Crippen LogP contribution < -0.4 is 16.0 Å². The van der Waals surface area contributed by atoms with Gasteiger partial charge in [0.25, 0.3) is 0 Å². The number of carbonyl (C=O) groups is 2. The summed E-state index contributed by atoms with van der Waals surface area (Å²) in [5, 5.41) is 15.4. The van der Waals surface area contributed by atoms with Gasteiger partial charge in [-0.15, -0.1) is 0 Å². The highest BCUT2D eigenvalue weighted by Gasteiger charge is 2.22. The average Bonchev–Trinajstić information content (AvgIpc) is 2.94. The quantitative estimate of drug-likeness (QED) is 0.638. The van der Waals surface area contributed by atoms with E-state index >= 15 is 0 Å².